The molecule has 0 radical (unpaired) electrons. The highest BCUT2D eigenvalue weighted by Crippen LogP contribution is 2.37. The van der Waals surface area contributed by atoms with Gasteiger partial charge in [-0.25, -0.2) is 0 Å². The summed E-state index contributed by atoms with van der Waals surface area (Å²) in [7, 11) is 0. The van der Waals surface area contributed by atoms with E-state index in [-0.39, 0.29) is 0 Å². The fraction of sp³-hybridized carbons (Fsp3) is 0.238. The summed E-state index contributed by atoms with van der Waals surface area (Å²) in [5, 5.41) is 3.36. The van der Waals surface area contributed by atoms with Gasteiger partial charge < -0.3 is 14.5 Å². The quantitative estimate of drug-likeness (QED) is 0.691. The van der Waals surface area contributed by atoms with Gasteiger partial charge in [-0.15, -0.1) is 0 Å². The number of ether oxygens (including phenoxy) is 1. The molecule has 3 aromatic rings. The number of aromatic nitrogens is 1. The molecular formula is C21H20N2O3. The van der Waals surface area contributed by atoms with Gasteiger partial charge in [0.25, 0.3) is 0 Å². The third-order valence-electron chi connectivity index (χ3n) is 4.72. The predicted octanol–water partition coefficient (Wildman–Crippen LogP) is 4.44. The third-order valence-corrected chi connectivity index (χ3v) is 4.72. The first-order chi connectivity index (χ1) is 12.7. The zero-order valence-electron chi connectivity index (χ0n) is 14.6. The van der Waals surface area contributed by atoms with Gasteiger partial charge in [0.1, 0.15) is 17.3 Å². The largest absolute Gasteiger partial charge is 0.493 e. The SMILES string of the molecule is Cc1ccc(-c2ccc3c(c2)OCCC3CNc2cnccc2C=O)o1. The zero-order chi connectivity index (χ0) is 17.9. The number of furan rings is 1. The summed E-state index contributed by atoms with van der Waals surface area (Å²) in [5.41, 5.74) is 3.57. The van der Waals surface area contributed by atoms with Gasteiger partial charge in [0.2, 0.25) is 0 Å². The number of aryl methyl sites for hydroxylation is 1. The van der Waals surface area contributed by atoms with Crippen LogP contribution in [0.15, 0.2) is 53.2 Å². The minimum absolute atomic E-state index is 0.311. The Morgan fingerprint density at radius 2 is 2.19 bits per heavy atom. The Kier molecular flexibility index (Phi) is 4.44. The smallest absolute Gasteiger partial charge is 0.152 e. The molecule has 0 aliphatic carbocycles. The fourth-order valence-electron chi connectivity index (χ4n) is 3.31. The number of benzene rings is 1. The third kappa shape index (κ3) is 3.20. The highest BCUT2D eigenvalue weighted by atomic mass is 16.5. The molecule has 0 bridgehead atoms. The Morgan fingerprint density at radius 1 is 1.27 bits per heavy atom. The molecule has 4 rings (SSSR count). The first kappa shape index (κ1) is 16.4. The second-order valence-electron chi connectivity index (χ2n) is 6.46. The van der Waals surface area contributed by atoms with Crippen LogP contribution in [0.1, 0.15) is 34.0 Å². The normalized spacial score (nSPS) is 15.8. The molecule has 2 aromatic heterocycles. The molecule has 1 atom stereocenters. The minimum atomic E-state index is 0.311. The number of pyridine rings is 1. The van der Waals surface area contributed by atoms with Crippen molar-refractivity contribution in [1.29, 1.82) is 0 Å². The van der Waals surface area contributed by atoms with E-state index in [1.165, 1.54) is 5.56 Å². The van der Waals surface area contributed by atoms with E-state index >= 15 is 0 Å². The second kappa shape index (κ2) is 7.04. The molecule has 3 heterocycles. The van der Waals surface area contributed by atoms with Crippen molar-refractivity contribution in [3.63, 3.8) is 0 Å². The highest BCUT2D eigenvalue weighted by molar-refractivity contribution is 5.83. The number of anilines is 1. The average Bonchev–Trinajstić information content (AvgIpc) is 3.12. The first-order valence-electron chi connectivity index (χ1n) is 8.71. The van der Waals surface area contributed by atoms with Crippen LogP contribution in [0.3, 0.4) is 0 Å². The van der Waals surface area contributed by atoms with Crippen molar-refractivity contribution >= 4 is 12.0 Å². The molecular weight excluding hydrogens is 328 g/mol. The topological polar surface area (TPSA) is 64.4 Å². The van der Waals surface area contributed by atoms with Gasteiger partial charge in [0.05, 0.1) is 18.5 Å². The van der Waals surface area contributed by atoms with E-state index in [4.69, 9.17) is 9.15 Å². The van der Waals surface area contributed by atoms with Gasteiger partial charge >= 0.3 is 0 Å². The van der Waals surface area contributed by atoms with Crippen LogP contribution in [0.4, 0.5) is 5.69 Å². The fourth-order valence-corrected chi connectivity index (χ4v) is 3.31. The van der Waals surface area contributed by atoms with Crippen LogP contribution in [-0.4, -0.2) is 24.4 Å². The van der Waals surface area contributed by atoms with E-state index in [0.29, 0.717) is 18.1 Å². The number of fused-ring (bicyclic) bond motifs is 1. The summed E-state index contributed by atoms with van der Waals surface area (Å²) in [6, 6.07) is 11.9. The van der Waals surface area contributed by atoms with Crippen LogP contribution < -0.4 is 10.1 Å². The number of hydrogen-bond acceptors (Lipinski definition) is 5. The summed E-state index contributed by atoms with van der Waals surface area (Å²) in [6.45, 7) is 3.34. The molecule has 5 nitrogen and oxygen atoms in total. The molecule has 1 unspecified atom stereocenters. The van der Waals surface area contributed by atoms with E-state index in [1.54, 1.807) is 18.5 Å². The molecule has 1 aromatic carbocycles. The van der Waals surface area contributed by atoms with Crippen LogP contribution in [0, 0.1) is 6.92 Å². The van der Waals surface area contributed by atoms with Crippen molar-refractivity contribution in [2.24, 2.45) is 0 Å². The molecule has 0 saturated heterocycles. The lowest BCUT2D eigenvalue weighted by molar-refractivity contribution is 0.112. The monoisotopic (exact) mass is 348 g/mol. The Hall–Kier alpha value is -3.08. The van der Waals surface area contributed by atoms with Gasteiger partial charge in [-0.1, -0.05) is 12.1 Å². The number of aldehydes is 1. The molecule has 1 N–H and O–H groups in total. The van der Waals surface area contributed by atoms with Crippen LogP contribution in [0.25, 0.3) is 11.3 Å². The summed E-state index contributed by atoms with van der Waals surface area (Å²) in [6.07, 6.45) is 5.08. The number of rotatable bonds is 5. The number of nitrogens with zero attached hydrogens (tertiary/aromatic N) is 1. The molecule has 5 heteroatoms. The van der Waals surface area contributed by atoms with Gasteiger partial charge in [-0.2, -0.15) is 0 Å². The molecule has 1 aliphatic rings. The average molecular weight is 348 g/mol. The van der Waals surface area contributed by atoms with E-state index in [9.17, 15) is 4.79 Å². The second-order valence-corrected chi connectivity index (χ2v) is 6.46. The van der Waals surface area contributed by atoms with Crippen molar-refractivity contribution in [3.05, 3.63) is 65.7 Å². The molecule has 26 heavy (non-hydrogen) atoms. The van der Waals surface area contributed by atoms with Crippen LogP contribution in [0.2, 0.25) is 0 Å². The summed E-state index contributed by atoms with van der Waals surface area (Å²) in [5.74, 6) is 2.95. The van der Waals surface area contributed by atoms with Crippen LogP contribution in [-0.2, 0) is 0 Å². The molecule has 0 amide bonds. The van der Waals surface area contributed by atoms with Crippen molar-refractivity contribution in [3.8, 4) is 17.1 Å². The molecule has 0 fully saturated rings. The lowest BCUT2D eigenvalue weighted by atomic mass is 9.91. The summed E-state index contributed by atoms with van der Waals surface area (Å²) in [4.78, 5) is 15.2. The van der Waals surface area contributed by atoms with Gasteiger partial charge in [0.15, 0.2) is 6.29 Å². The van der Waals surface area contributed by atoms with E-state index < -0.39 is 0 Å². The standard InChI is InChI=1S/C21H20N2O3/c1-14-2-5-20(26-14)15-3-4-18-16(7-9-25-21(18)10-15)11-23-19-12-22-8-6-17(19)13-24/h2-6,8,10,12-13,16,23H,7,9,11H2,1H3. The van der Waals surface area contributed by atoms with Crippen molar-refractivity contribution < 1.29 is 13.9 Å². The molecule has 132 valence electrons. The summed E-state index contributed by atoms with van der Waals surface area (Å²) >= 11 is 0. The summed E-state index contributed by atoms with van der Waals surface area (Å²) < 4.78 is 11.6. The highest BCUT2D eigenvalue weighted by Gasteiger charge is 2.22. The van der Waals surface area contributed by atoms with E-state index in [0.717, 1.165) is 47.8 Å². The Morgan fingerprint density at radius 3 is 3.00 bits per heavy atom. The predicted molar refractivity (Wildman–Crippen MR) is 99.8 cm³/mol. The van der Waals surface area contributed by atoms with Crippen LogP contribution >= 0.6 is 0 Å². The minimum Gasteiger partial charge on any atom is -0.493 e. The number of nitrogens with one attached hydrogen (secondary N) is 1. The van der Waals surface area contributed by atoms with Crippen molar-refractivity contribution in [1.82, 2.24) is 4.98 Å². The van der Waals surface area contributed by atoms with Crippen molar-refractivity contribution in [2.45, 2.75) is 19.3 Å². The lowest BCUT2D eigenvalue weighted by Crippen LogP contribution is -2.21. The Bertz CT molecular complexity index is 933. The number of carbonyl (C=O) groups is 1. The number of carbonyl (C=O) groups excluding carboxylic acids is 1. The molecule has 0 spiro atoms. The van der Waals surface area contributed by atoms with Crippen molar-refractivity contribution in [2.75, 3.05) is 18.5 Å². The molecule has 0 saturated carbocycles. The van der Waals surface area contributed by atoms with Crippen LogP contribution in [0.5, 0.6) is 5.75 Å². The number of hydrogen-bond donors (Lipinski definition) is 1. The van der Waals surface area contributed by atoms with E-state index in [1.807, 2.05) is 25.1 Å². The Labute approximate surface area is 152 Å². The zero-order valence-corrected chi connectivity index (χ0v) is 14.6. The molecule has 1 aliphatic heterocycles. The van der Waals surface area contributed by atoms with Gasteiger partial charge in [-0.05, 0) is 43.2 Å². The lowest BCUT2D eigenvalue weighted by Gasteiger charge is -2.27. The van der Waals surface area contributed by atoms with E-state index in [2.05, 4.69) is 22.4 Å². The Balaban J connectivity index is 1.54. The van der Waals surface area contributed by atoms with Gasteiger partial charge in [0, 0.05) is 29.8 Å². The maximum Gasteiger partial charge on any atom is 0.152 e. The maximum atomic E-state index is 11.2. The maximum absolute atomic E-state index is 11.2. The van der Waals surface area contributed by atoms with Gasteiger partial charge in [-0.3, -0.25) is 9.78 Å². The first-order valence-corrected chi connectivity index (χ1v) is 8.71.